The van der Waals surface area contributed by atoms with Gasteiger partial charge in [0.05, 0.1) is 13.7 Å². The first-order valence-corrected chi connectivity index (χ1v) is 5.43. The van der Waals surface area contributed by atoms with Gasteiger partial charge < -0.3 is 15.8 Å². The van der Waals surface area contributed by atoms with Gasteiger partial charge in [-0.1, -0.05) is 30.4 Å². The zero-order chi connectivity index (χ0) is 12.7. The minimum absolute atomic E-state index is 0.416. The van der Waals surface area contributed by atoms with Gasteiger partial charge in [-0.15, -0.1) is 0 Å². The van der Waals surface area contributed by atoms with E-state index in [-0.39, 0.29) is 0 Å². The number of guanidine groups is 1. The first-order valence-electron chi connectivity index (χ1n) is 5.43. The van der Waals surface area contributed by atoms with Crippen LogP contribution in [0.4, 0.5) is 0 Å². The summed E-state index contributed by atoms with van der Waals surface area (Å²) in [7, 11) is 1.64. The van der Waals surface area contributed by atoms with E-state index < -0.39 is 0 Å². The van der Waals surface area contributed by atoms with Crippen LogP contribution in [0.15, 0.2) is 41.4 Å². The van der Waals surface area contributed by atoms with Crippen LogP contribution in [0, 0.1) is 0 Å². The highest BCUT2D eigenvalue weighted by Crippen LogP contribution is 2.17. The van der Waals surface area contributed by atoms with Crippen LogP contribution < -0.4 is 15.8 Å². The molecule has 0 unspecified atom stereocenters. The lowest BCUT2D eigenvalue weighted by Gasteiger charge is -2.07. The van der Waals surface area contributed by atoms with Crippen LogP contribution in [0.3, 0.4) is 0 Å². The van der Waals surface area contributed by atoms with Crippen molar-refractivity contribution in [3.63, 3.8) is 0 Å². The number of nitrogens with one attached hydrogen (secondary N) is 1. The molecule has 3 N–H and O–H groups in total. The van der Waals surface area contributed by atoms with Crippen LogP contribution in [-0.2, 0) is 6.54 Å². The molecule has 0 atom stereocenters. The Morgan fingerprint density at radius 3 is 2.82 bits per heavy atom. The average Bonchev–Trinajstić information content (AvgIpc) is 2.34. The van der Waals surface area contributed by atoms with Gasteiger partial charge in [0.1, 0.15) is 5.75 Å². The third-order valence-corrected chi connectivity index (χ3v) is 2.18. The first kappa shape index (κ1) is 13.1. The third-order valence-electron chi connectivity index (χ3n) is 2.18. The van der Waals surface area contributed by atoms with Crippen LogP contribution in [-0.4, -0.2) is 19.6 Å². The maximum absolute atomic E-state index is 5.72. The number of hydrogen-bond donors (Lipinski definition) is 2. The summed E-state index contributed by atoms with van der Waals surface area (Å²) in [6.45, 7) is 6.85. The highest BCUT2D eigenvalue weighted by molar-refractivity contribution is 5.78. The normalized spacial score (nSPS) is 11.1. The summed E-state index contributed by atoms with van der Waals surface area (Å²) in [4.78, 5) is 4.24. The fraction of sp³-hybridized carbons (Fsp3) is 0.308. The Morgan fingerprint density at radius 2 is 2.18 bits per heavy atom. The van der Waals surface area contributed by atoms with Crippen LogP contribution in [0.1, 0.15) is 12.5 Å². The number of rotatable bonds is 5. The van der Waals surface area contributed by atoms with Crippen LogP contribution in [0.5, 0.6) is 5.75 Å². The van der Waals surface area contributed by atoms with Gasteiger partial charge in [-0.25, -0.2) is 4.99 Å². The van der Waals surface area contributed by atoms with Crippen molar-refractivity contribution in [3.8, 4) is 5.75 Å². The van der Waals surface area contributed by atoms with Crippen molar-refractivity contribution >= 4 is 5.96 Å². The smallest absolute Gasteiger partial charge is 0.189 e. The molecule has 0 aliphatic heterocycles. The molecule has 0 spiro atoms. The van der Waals surface area contributed by atoms with Gasteiger partial charge in [-0.05, 0) is 13.0 Å². The van der Waals surface area contributed by atoms with E-state index in [1.54, 1.807) is 7.11 Å². The van der Waals surface area contributed by atoms with Crippen molar-refractivity contribution in [1.29, 1.82) is 0 Å². The van der Waals surface area contributed by atoms with Gasteiger partial charge in [0.2, 0.25) is 0 Å². The van der Waals surface area contributed by atoms with Crippen molar-refractivity contribution in [2.45, 2.75) is 13.5 Å². The van der Waals surface area contributed by atoms with Gasteiger partial charge in [0.15, 0.2) is 5.96 Å². The fourth-order valence-electron chi connectivity index (χ4n) is 1.30. The monoisotopic (exact) mass is 233 g/mol. The number of benzene rings is 1. The van der Waals surface area contributed by atoms with Crippen molar-refractivity contribution in [2.75, 3.05) is 13.7 Å². The van der Waals surface area contributed by atoms with E-state index in [1.165, 1.54) is 0 Å². The summed E-state index contributed by atoms with van der Waals surface area (Å²) in [5, 5.41) is 2.98. The second kappa shape index (κ2) is 6.58. The molecule has 0 bridgehead atoms. The Morgan fingerprint density at radius 1 is 1.47 bits per heavy atom. The molecular weight excluding hydrogens is 214 g/mol. The molecule has 4 nitrogen and oxygen atoms in total. The van der Waals surface area contributed by atoms with E-state index in [0.29, 0.717) is 19.0 Å². The minimum Gasteiger partial charge on any atom is -0.496 e. The summed E-state index contributed by atoms with van der Waals surface area (Å²) in [6.07, 6.45) is 0. The fourth-order valence-corrected chi connectivity index (χ4v) is 1.30. The molecule has 0 saturated heterocycles. The predicted molar refractivity (Wildman–Crippen MR) is 71.1 cm³/mol. The molecule has 0 saturated carbocycles. The number of methoxy groups -OCH3 is 1. The number of ether oxygens (including phenoxy) is 1. The molecule has 0 fully saturated rings. The Kier molecular flexibility index (Phi) is 5.07. The maximum atomic E-state index is 5.72. The van der Waals surface area contributed by atoms with Crippen molar-refractivity contribution in [1.82, 2.24) is 5.32 Å². The summed E-state index contributed by atoms with van der Waals surface area (Å²) >= 11 is 0. The maximum Gasteiger partial charge on any atom is 0.189 e. The van der Waals surface area contributed by atoms with Gasteiger partial charge in [0, 0.05) is 12.1 Å². The van der Waals surface area contributed by atoms with E-state index in [0.717, 1.165) is 16.9 Å². The number of nitrogens with zero attached hydrogens (tertiary/aromatic N) is 1. The standard InChI is InChI=1S/C13H19N3O/c1-10(2)8-15-13(14)16-9-11-6-4-5-7-12(11)17-3/h4-7H,1,8-9H2,2-3H3,(H3,14,15,16). The number of para-hydroxylation sites is 1. The molecule has 1 aromatic carbocycles. The molecule has 1 aromatic rings. The zero-order valence-corrected chi connectivity index (χ0v) is 10.4. The Balaban J connectivity index is 2.59. The van der Waals surface area contributed by atoms with E-state index in [1.807, 2.05) is 31.2 Å². The number of hydrogen-bond acceptors (Lipinski definition) is 2. The van der Waals surface area contributed by atoms with E-state index >= 15 is 0 Å². The molecule has 0 amide bonds. The first-order chi connectivity index (χ1) is 8.13. The largest absolute Gasteiger partial charge is 0.496 e. The SMILES string of the molecule is C=C(C)CNC(N)=NCc1ccccc1OC. The van der Waals surface area contributed by atoms with E-state index in [2.05, 4.69) is 16.9 Å². The van der Waals surface area contributed by atoms with Crippen LogP contribution >= 0.6 is 0 Å². The van der Waals surface area contributed by atoms with E-state index in [9.17, 15) is 0 Å². The Bertz CT molecular complexity index is 413. The van der Waals surface area contributed by atoms with Crippen LogP contribution in [0.2, 0.25) is 0 Å². The van der Waals surface area contributed by atoms with Crippen molar-refractivity contribution in [3.05, 3.63) is 42.0 Å². The highest BCUT2D eigenvalue weighted by atomic mass is 16.5. The van der Waals surface area contributed by atoms with Gasteiger partial charge in [-0.3, -0.25) is 0 Å². The van der Waals surface area contributed by atoms with Crippen molar-refractivity contribution in [2.24, 2.45) is 10.7 Å². The Labute approximate surface area is 102 Å². The quantitative estimate of drug-likeness (QED) is 0.462. The van der Waals surface area contributed by atoms with Crippen molar-refractivity contribution < 1.29 is 4.74 Å². The molecule has 4 heteroatoms. The predicted octanol–water partition coefficient (Wildman–Crippen LogP) is 1.68. The summed E-state index contributed by atoms with van der Waals surface area (Å²) in [6, 6.07) is 7.75. The number of aliphatic imine (C=N–C) groups is 1. The molecule has 92 valence electrons. The second-order valence-corrected chi connectivity index (χ2v) is 3.82. The lowest BCUT2D eigenvalue weighted by molar-refractivity contribution is 0.410. The molecule has 0 aromatic heterocycles. The van der Waals surface area contributed by atoms with E-state index in [4.69, 9.17) is 10.5 Å². The molecule has 0 aliphatic rings. The Hall–Kier alpha value is -1.97. The zero-order valence-electron chi connectivity index (χ0n) is 10.4. The molecule has 0 radical (unpaired) electrons. The highest BCUT2D eigenvalue weighted by Gasteiger charge is 2.00. The van der Waals surface area contributed by atoms with Gasteiger partial charge >= 0.3 is 0 Å². The summed E-state index contributed by atoms with van der Waals surface area (Å²) < 4.78 is 5.23. The topological polar surface area (TPSA) is 59.6 Å². The summed E-state index contributed by atoms with van der Waals surface area (Å²) in [5.74, 6) is 1.24. The summed E-state index contributed by atoms with van der Waals surface area (Å²) in [5.41, 5.74) is 7.74. The lowest BCUT2D eigenvalue weighted by Crippen LogP contribution is -2.32. The molecule has 17 heavy (non-hydrogen) atoms. The second-order valence-electron chi connectivity index (χ2n) is 3.82. The molecule has 0 heterocycles. The van der Waals surface area contributed by atoms with Gasteiger partial charge in [-0.2, -0.15) is 0 Å². The minimum atomic E-state index is 0.416. The molecular formula is C13H19N3O. The van der Waals surface area contributed by atoms with Gasteiger partial charge in [0.25, 0.3) is 0 Å². The molecule has 0 aliphatic carbocycles. The lowest BCUT2D eigenvalue weighted by atomic mass is 10.2. The van der Waals surface area contributed by atoms with Crippen LogP contribution in [0.25, 0.3) is 0 Å². The molecule has 1 rings (SSSR count). The average molecular weight is 233 g/mol. The number of nitrogens with two attached hydrogens (primary N) is 1. The third kappa shape index (κ3) is 4.59.